The summed E-state index contributed by atoms with van der Waals surface area (Å²) in [6, 6.07) is 4.59. The normalized spacial score (nSPS) is 11.7. The van der Waals surface area contributed by atoms with Crippen LogP contribution < -0.4 is 5.48 Å². The van der Waals surface area contributed by atoms with Crippen LogP contribution in [0.5, 0.6) is 0 Å². The van der Waals surface area contributed by atoms with Gasteiger partial charge in [-0.1, -0.05) is 28.4 Å². The average Bonchev–Trinajstić information content (AvgIpc) is 2.41. The molecule has 1 aromatic rings. The summed E-state index contributed by atoms with van der Waals surface area (Å²) in [5.74, 6) is -0.302. The van der Waals surface area contributed by atoms with Gasteiger partial charge in [-0.2, -0.15) is 0 Å². The highest BCUT2D eigenvalue weighted by Gasteiger charge is 2.12. The van der Waals surface area contributed by atoms with E-state index in [1.54, 1.807) is 12.1 Å². The molecule has 0 aliphatic carbocycles. The maximum Gasteiger partial charge on any atom is 0.196 e. The summed E-state index contributed by atoms with van der Waals surface area (Å²) in [7, 11) is 2.80. The first kappa shape index (κ1) is 15.5. The van der Waals surface area contributed by atoms with E-state index < -0.39 is 0 Å². The van der Waals surface area contributed by atoms with E-state index in [2.05, 4.69) is 20.3 Å². The van der Waals surface area contributed by atoms with Crippen molar-refractivity contribution in [3.8, 4) is 0 Å². The summed E-state index contributed by atoms with van der Waals surface area (Å²) in [5, 5.41) is 4.22. The number of allylic oxidation sites excluding steroid dienone is 1. The monoisotopic (exact) mass is 302 g/mol. The smallest absolute Gasteiger partial charge is 0.196 e. The molecule has 1 rings (SSSR count). The Labute approximate surface area is 120 Å². The van der Waals surface area contributed by atoms with E-state index in [-0.39, 0.29) is 11.4 Å². The van der Waals surface area contributed by atoms with Crippen molar-refractivity contribution >= 4 is 35.2 Å². The van der Waals surface area contributed by atoms with Gasteiger partial charge in [0.05, 0.1) is 28.9 Å². The van der Waals surface area contributed by atoms with Crippen LogP contribution in [0, 0.1) is 0 Å². The first-order valence-electron chi connectivity index (χ1n) is 5.15. The van der Waals surface area contributed by atoms with Gasteiger partial charge in [-0.15, -0.1) is 0 Å². The van der Waals surface area contributed by atoms with E-state index in [4.69, 9.17) is 23.2 Å². The van der Waals surface area contributed by atoms with Gasteiger partial charge in [-0.3, -0.25) is 15.1 Å². The number of nitrogens with one attached hydrogen (secondary N) is 1. The third-order valence-corrected chi connectivity index (χ3v) is 2.81. The molecule has 0 saturated heterocycles. The number of Topliss-reactive ketones (excluding diaryl/α,β-unsaturated/α-hetero) is 1. The molecule has 102 valence electrons. The Hall–Kier alpha value is -1.56. The topological polar surface area (TPSA) is 59.9 Å². The van der Waals surface area contributed by atoms with E-state index in [0.717, 1.165) is 0 Å². The SMILES string of the molecule is CON=CC(=CNOC)C(=O)c1ccc(Cl)c(Cl)c1. The molecule has 7 heteroatoms. The number of carbonyl (C=O) groups excluding carboxylic acids is 1. The van der Waals surface area contributed by atoms with Crippen LogP contribution in [0.15, 0.2) is 35.1 Å². The molecule has 0 aliphatic heterocycles. The Morgan fingerprint density at radius 2 is 2.05 bits per heavy atom. The van der Waals surface area contributed by atoms with Crippen molar-refractivity contribution < 1.29 is 14.5 Å². The maximum atomic E-state index is 12.2. The molecule has 0 radical (unpaired) electrons. The minimum absolute atomic E-state index is 0.238. The number of ketones is 1. The zero-order valence-electron chi connectivity index (χ0n) is 10.3. The van der Waals surface area contributed by atoms with Crippen LogP contribution in [0.2, 0.25) is 10.0 Å². The molecule has 0 saturated carbocycles. The van der Waals surface area contributed by atoms with E-state index in [1.165, 1.54) is 32.7 Å². The Morgan fingerprint density at radius 3 is 2.63 bits per heavy atom. The van der Waals surface area contributed by atoms with Crippen LogP contribution in [-0.4, -0.2) is 26.2 Å². The molecule has 0 aliphatic rings. The molecule has 0 aromatic heterocycles. The lowest BCUT2D eigenvalue weighted by Gasteiger charge is -2.04. The number of carbonyl (C=O) groups is 1. The van der Waals surface area contributed by atoms with Crippen LogP contribution in [0.4, 0.5) is 0 Å². The highest BCUT2D eigenvalue weighted by molar-refractivity contribution is 6.42. The van der Waals surface area contributed by atoms with E-state index >= 15 is 0 Å². The Morgan fingerprint density at radius 1 is 1.32 bits per heavy atom. The molecule has 0 spiro atoms. The summed E-state index contributed by atoms with van der Waals surface area (Å²) in [6.45, 7) is 0. The molecule has 5 nitrogen and oxygen atoms in total. The standard InChI is InChI=1S/C12H12Cl2N2O3/c1-18-15-6-9(7-16-19-2)12(17)8-3-4-10(13)11(14)5-8/h3-7,15H,1-2H3. The maximum absolute atomic E-state index is 12.2. The number of hydrogen-bond acceptors (Lipinski definition) is 5. The predicted molar refractivity (Wildman–Crippen MR) is 74.5 cm³/mol. The van der Waals surface area contributed by atoms with Crippen LogP contribution >= 0.6 is 23.2 Å². The fraction of sp³-hybridized carbons (Fsp3) is 0.167. The second kappa shape index (κ2) is 7.78. The van der Waals surface area contributed by atoms with Gasteiger partial charge in [0, 0.05) is 11.8 Å². The fourth-order valence-electron chi connectivity index (χ4n) is 1.20. The first-order chi connectivity index (χ1) is 9.10. The van der Waals surface area contributed by atoms with Crippen molar-refractivity contribution in [3.05, 3.63) is 45.6 Å². The number of halogens is 2. The molecule has 0 bridgehead atoms. The minimum Gasteiger partial charge on any atom is -0.399 e. The number of nitrogens with zero attached hydrogens (tertiary/aromatic N) is 1. The second-order valence-electron chi connectivity index (χ2n) is 3.30. The van der Waals surface area contributed by atoms with Crippen molar-refractivity contribution in [1.82, 2.24) is 5.48 Å². The minimum atomic E-state index is -0.302. The van der Waals surface area contributed by atoms with Crippen molar-refractivity contribution in [2.45, 2.75) is 0 Å². The number of hydrogen-bond donors (Lipinski definition) is 1. The van der Waals surface area contributed by atoms with Gasteiger partial charge in [0.1, 0.15) is 7.11 Å². The van der Waals surface area contributed by atoms with Gasteiger partial charge in [0.25, 0.3) is 0 Å². The second-order valence-corrected chi connectivity index (χ2v) is 4.11. The lowest BCUT2D eigenvalue weighted by molar-refractivity contribution is 0.102. The Balaban J connectivity index is 3.04. The number of rotatable bonds is 6. The third-order valence-electron chi connectivity index (χ3n) is 2.07. The number of hydroxylamine groups is 1. The molecule has 0 amide bonds. The molecular formula is C12H12Cl2N2O3. The molecule has 19 heavy (non-hydrogen) atoms. The molecular weight excluding hydrogens is 291 g/mol. The molecule has 0 unspecified atom stereocenters. The van der Waals surface area contributed by atoms with Crippen molar-refractivity contribution in [3.63, 3.8) is 0 Å². The van der Waals surface area contributed by atoms with E-state index in [1.807, 2.05) is 0 Å². The van der Waals surface area contributed by atoms with Crippen molar-refractivity contribution in [1.29, 1.82) is 0 Å². The Kier molecular flexibility index (Phi) is 6.35. The van der Waals surface area contributed by atoms with Gasteiger partial charge in [-0.25, -0.2) is 0 Å². The Bertz CT molecular complexity index is 516. The molecule has 0 atom stereocenters. The molecule has 0 heterocycles. The number of oxime groups is 1. The first-order valence-corrected chi connectivity index (χ1v) is 5.90. The van der Waals surface area contributed by atoms with E-state index in [0.29, 0.717) is 15.6 Å². The predicted octanol–water partition coefficient (Wildman–Crippen LogP) is 2.84. The van der Waals surface area contributed by atoms with Crippen LogP contribution in [-0.2, 0) is 9.68 Å². The van der Waals surface area contributed by atoms with Gasteiger partial charge >= 0.3 is 0 Å². The van der Waals surface area contributed by atoms with Gasteiger partial charge in [0.2, 0.25) is 0 Å². The average molecular weight is 303 g/mol. The lowest BCUT2D eigenvalue weighted by Crippen LogP contribution is -2.11. The summed E-state index contributed by atoms with van der Waals surface area (Å²) in [4.78, 5) is 21.4. The van der Waals surface area contributed by atoms with Crippen molar-refractivity contribution in [2.75, 3.05) is 14.2 Å². The summed E-state index contributed by atoms with van der Waals surface area (Å²) < 4.78 is 0. The molecule has 0 fully saturated rings. The quantitative estimate of drug-likeness (QED) is 0.380. The molecule has 1 N–H and O–H groups in total. The van der Waals surface area contributed by atoms with E-state index in [9.17, 15) is 4.79 Å². The zero-order chi connectivity index (χ0) is 14.3. The fourth-order valence-corrected chi connectivity index (χ4v) is 1.50. The van der Waals surface area contributed by atoms with Gasteiger partial charge in [0.15, 0.2) is 5.78 Å². The van der Waals surface area contributed by atoms with Crippen LogP contribution in [0.25, 0.3) is 0 Å². The lowest BCUT2D eigenvalue weighted by atomic mass is 10.1. The van der Waals surface area contributed by atoms with Crippen LogP contribution in [0.3, 0.4) is 0 Å². The van der Waals surface area contributed by atoms with Crippen LogP contribution in [0.1, 0.15) is 10.4 Å². The third kappa shape index (κ3) is 4.55. The van der Waals surface area contributed by atoms with Gasteiger partial charge in [-0.05, 0) is 18.2 Å². The van der Waals surface area contributed by atoms with Gasteiger partial charge < -0.3 is 4.84 Å². The summed E-state index contributed by atoms with van der Waals surface area (Å²) in [5.41, 5.74) is 3.06. The largest absolute Gasteiger partial charge is 0.399 e. The summed E-state index contributed by atoms with van der Waals surface area (Å²) >= 11 is 11.7. The highest BCUT2D eigenvalue weighted by atomic mass is 35.5. The van der Waals surface area contributed by atoms with Crippen molar-refractivity contribution in [2.24, 2.45) is 5.16 Å². The highest BCUT2D eigenvalue weighted by Crippen LogP contribution is 2.23. The zero-order valence-corrected chi connectivity index (χ0v) is 11.8. The molecule has 1 aromatic carbocycles. The summed E-state index contributed by atoms with van der Waals surface area (Å²) in [6.07, 6.45) is 2.62. The number of benzene rings is 1.